The van der Waals surface area contributed by atoms with Crippen LogP contribution in [-0.2, 0) is 4.79 Å². The molecule has 1 fully saturated rings. The van der Waals surface area contributed by atoms with Crippen LogP contribution >= 0.6 is 0 Å². The zero-order valence-electron chi connectivity index (χ0n) is 12.4. The monoisotopic (exact) mass is 290 g/mol. The molecule has 0 aromatic heterocycles. The van der Waals surface area contributed by atoms with E-state index in [1.54, 1.807) is 0 Å². The van der Waals surface area contributed by atoms with E-state index >= 15 is 0 Å². The third kappa shape index (κ3) is 3.23. The summed E-state index contributed by atoms with van der Waals surface area (Å²) in [5.74, 6) is 1.67. The van der Waals surface area contributed by atoms with E-state index in [9.17, 15) is 4.79 Å². The van der Waals surface area contributed by atoms with Gasteiger partial charge in [-0.1, -0.05) is 0 Å². The number of hydrogen-bond donors (Lipinski definition) is 1. The van der Waals surface area contributed by atoms with Gasteiger partial charge in [0.1, 0.15) is 13.2 Å². The first-order chi connectivity index (χ1) is 10.2. The predicted molar refractivity (Wildman–Crippen MR) is 80.9 cm³/mol. The molecule has 21 heavy (non-hydrogen) atoms. The molecular weight excluding hydrogens is 268 g/mol. The SMILES string of the molecule is CC1CCCCN1C(=O)CNc1ccc2c(c1)OCCO2. The van der Waals surface area contributed by atoms with Gasteiger partial charge in [-0.2, -0.15) is 0 Å². The molecule has 1 unspecified atom stereocenters. The summed E-state index contributed by atoms with van der Waals surface area (Å²) >= 11 is 0. The Morgan fingerprint density at radius 3 is 2.90 bits per heavy atom. The lowest BCUT2D eigenvalue weighted by molar-refractivity contribution is -0.132. The van der Waals surface area contributed by atoms with Crippen molar-refractivity contribution in [3.63, 3.8) is 0 Å². The first-order valence-corrected chi connectivity index (χ1v) is 7.67. The average Bonchev–Trinajstić information content (AvgIpc) is 2.53. The summed E-state index contributed by atoms with van der Waals surface area (Å²) in [6.07, 6.45) is 3.44. The Labute approximate surface area is 125 Å². The Morgan fingerprint density at radius 1 is 1.29 bits per heavy atom. The van der Waals surface area contributed by atoms with E-state index in [1.807, 2.05) is 23.1 Å². The van der Waals surface area contributed by atoms with Gasteiger partial charge in [0, 0.05) is 24.3 Å². The maximum Gasteiger partial charge on any atom is 0.242 e. The molecule has 0 bridgehead atoms. The smallest absolute Gasteiger partial charge is 0.242 e. The van der Waals surface area contributed by atoms with E-state index < -0.39 is 0 Å². The Balaban J connectivity index is 1.58. The van der Waals surface area contributed by atoms with Crippen LogP contribution < -0.4 is 14.8 Å². The van der Waals surface area contributed by atoms with Crippen LogP contribution in [-0.4, -0.2) is 43.2 Å². The van der Waals surface area contributed by atoms with Crippen molar-refractivity contribution in [3.05, 3.63) is 18.2 Å². The van der Waals surface area contributed by atoms with Gasteiger partial charge < -0.3 is 19.7 Å². The Hall–Kier alpha value is -1.91. The number of piperidine rings is 1. The number of hydrogen-bond acceptors (Lipinski definition) is 4. The lowest BCUT2D eigenvalue weighted by atomic mass is 10.0. The number of rotatable bonds is 3. The van der Waals surface area contributed by atoms with Gasteiger partial charge in [-0.25, -0.2) is 0 Å². The van der Waals surface area contributed by atoms with E-state index in [-0.39, 0.29) is 5.91 Å². The van der Waals surface area contributed by atoms with Gasteiger partial charge in [0.2, 0.25) is 5.91 Å². The molecule has 3 rings (SSSR count). The molecule has 1 atom stereocenters. The second kappa shape index (κ2) is 6.24. The second-order valence-electron chi connectivity index (χ2n) is 5.64. The highest BCUT2D eigenvalue weighted by molar-refractivity contribution is 5.81. The van der Waals surface area contributed by atoms with E-state index in [0.717, 1.165) is 36.6 Å². The number of nitrogens with one attached hydrogen (secondary N) is 1. The topological polar surface area (TPSA) is 50.8 Å². The molecule has 0 aliphatic carbocycles. The van der Waals surface area contributed by atoms with Crippen molar-refractivity contribution < 1.29 is 14.3 Å². The summed E-state index contributed by atoms with van der Waals surface area (Å²) in [6, 6.07) is 6.04. The molecule has 1 aromatic rings. The number of amides is 1. The normalized spacial score (nSPS) is 21.0. The summed E-state index contributed by atoms with van der Waals surface area (Å²) in [4.78, 5) is 14.3. The lowest BCUT2D eigenvalue weighted by Gasteiger charge is -2.33. The fourth-order valence-corrected chi connectivity index (χ4v) is 2.90. The second-order valence-corrected chi connectivity index (χ2v) is 5.64. The van der Waals surface area contributed by atoms with E-state index in [0.29, 0.717) is 25.8 Å². The quantitative estimate of drug-likeness (QED) is 0.928. The van der Waals surface area contributed by atoms with Gasteiger partial charge in [-0.3, -0.25) is 4.79 Å². The van der Waals surface area contributed by atoms with E-state index in [4.69, 9.17) is 9.47 Å². The zero-order chi connectivity index (χ0) is 14.7. The van der Waals surface area contributed by atoms with E-state index in [1.165, 1.54) is 6.42 Å². The summed E-state index contributed by atoms with van der Waals surface area (Å²) in [5.41, 5.74) is 0.886. The van der Waals surface area contributed by atoms with Crippen LogP contribution in [0.15, 0.2) is 18.2 Å². The Kier molecular flexibility index (Phi) is 4.18. The number of likely N-dealkylation sites (tertiary alicyclic amines) is 1. The highest BCUT2D eigenvalue weighted by Gasteiger charge is 2.22. The molecular formula is C16H22N2O3. The van der Waals surface area contributed by atoms with Gasteiger partial charge in [-0.15, -0.1) is 0 Å². The molecule has 5 nitrogen and oxygen atoms in total. The van der Waals surface area contributed by atoms with Crippen molar-refractivity contribution in [3.8, 4) is 11.5 Å². The molecule has 5 heteroatoms. The molecule has 114 valence electrons. The summed E-state index contributed by atoms with van der Waals surface area (Å²) < 4.78 is 11.0. The molecule has 0 radical (unpaired) electrons. The van der Waals surface area contributed by atoms with Crippen LogP contribution in [0.1, 0.15) is 26.2 Å². The zero-order valence-corrected chi connectivity index (χ0v) is 12.4. The first-order valence-electron chi connectivity index (χ1n) is 7.67. The highest BCUT2D eigenvalue weighted by atomic mass is 16.6. The van der Waals surface area contributed by atoms with E-state index in [2.05, 4.69) is 12.2 Å². The average molecular weight is 290 g/mol. The van der Waals surface area contributed by atoms with Gasteiger partial charge in [-0.05, 0) is 38.3 Å². The number of anilines is 1. The number of nitrogens with zero attached hydrogens (tertiary/aromatic N) is 1. The number of fused-ring (bicyclic) bond motifs is 1. The third-order valence-electron chi connectivity index (χ3n) is 4.11. The summed E-state index contributed by atoms with van der Waals surface area (Å²) in [5, 5.41) is 3.19. The molecule has 0 saturated carbocycles. The largest absolute Gasteiger partial charge is 0.486 e. The highest BCUT2D eigenvalue weighted by Crippen LogP contribution is 2.32. The van der Waals surface area contributed by atoms with Crippen LogP contribution in [0.5, 0.6) is 11.5 Å². The fourth-order valence-electron chi connectivity index (χ4n) is 2.90. The van der Waals surface area contributed by atoms with Crippen molar-refractivity contribution in [1.29, 1.82) is 0 Å². The number of benzene rings is 1. The molecule has 2 heterocycles. The molecule has 1 N–H and O–H groups in total. The van der Waals surface area contributed by atoms with Gasteiger partial charge in [0.05, 0.1) is 6.54 Å². The predicted octanol–water partition coefficient (Wildman–Crippen LogP) is 2.27. The minimum absolute atomic E-state index is 0.164. The van der Waals surface area contributed by atoms with Crippen LogP contribution in [0.25, 0.3) is 0 Å². The standard InChI is InChI=1S/C16H22N2O3/c1-12-4-2-3-7-18(12)16(19)11-17-13-5-6-14-15(10-13)21-9-8-20-14/h5-6,10,12,17H,2-4,7-9,11H2,1H3. The fraction of sp³-hybridized carbons (Fsp3) is 0.562. The van der Waals surface area contributed by atoms with Gasteiger partial charge in [0.15, 0.2) is 11.5 Å². The van der Waals surface area contributed by atoms with Crippen molar-refractivity contribution in [2.24, 2.45) is 0 Å². The first kappa shape index (κ1) is 14.0. The van der Waals surface area contributed by atoms with Crippen molar-refractivity contribution in [1.82, 2.24) is 4.90 Å². The van der Waals surface area contributed by atoms with Crippen molar-refractivity contribution >= 4 is 11.6 Å². The maximum absolute atomic E-state index is 12.3. The molecule has 1 amide bonds. The lowest BCUT2D eigenvalue weighted by Crippen LogP contribution is -2.44. The molecule has 1 aromatic carbocycles. The number of carbonyl (C=O) groups excluding carboxylic acids is 1. The molecule has 0 spiro atoms. The molecule has 1 saturated heterocycles. The summed E-state index contributed by atoms with van der Waals surface area (Å²) in [6.45, 7) is 4.49. The number of ether oxygens (including phenoxy) is 2. The number of carbonyl (C=O) groups is 1. The maximum atomic E-state index is 12.3. The minimum Gasteiger partial charge on any atom is -0.486 e. The third-order valence-corrected chi connectivity index (χ3v) is 4.11. The van der Waals surface area contributed by atoms with Crippen LogP contribution in [0.3, 0.4) is 0 Å². The van der Waals surface area contributed by atoms with Gasteiger partial charge >= 0.3 is 0 Å². The van der Waals surface area contributed by atoms with Crippen LogP contribution in [0.2, 0.25) is 0 Å². The van der Waals surface area contributed by atoms with Gasteiger partial charge in [0.25, 0.3) is 0 Å². The van der Waals surface area contributed by atoms with Crippen LogP contribution in [0.4, 0.5) is 5.69 Å². The van der Waals surface area contributed by atoms with Crippen molar-refractivity contribution in [2.45, 2.75) is 32.2 Å². The molecule has 2 aliphatic rings. The summed E-state index contributed by atoms with van der Waals surface area (Å²) in [7, 11) is 0. The Morgan fingerprint density at radius 2 is 2.10 bits per heavy atom. The van der Waals surface area contributed by atoms with Crippen LogP contribution in [0, 0.1) is 0 Å². The molecule has 2 aliphatic heterocycles. The van der Waals surface area contributed by atoms with Crippen molar-refractivity contribution in [2.75, 3.05) is 31.6 Å². The Bertz CT molecular complexity index is 518. The minimum atomic E-state index is 0.164.